The van der Waals surface area contributed by atoms with Crippen LogP contribution in [0.1, 0.15) is 16.1 Å². The van der Waals surface area contributed by atoms with Gasteiger partial charge in [0, 0.05) is 0 Å². The molecule has 9 heteroatoms. The normalized spacial score (nSPS) is 10.5. The summed E-state index contributed by atoms with van der Waals surface area (Å²) in [7, 11) is 1.48. The molecule has 0 radical (unpaired) electrons. The van der Waals surface area contributed by atoms with Gasteiger partial charge < -0.3 is 14.6 Å². The lowest BCUT2D eigenvalue weighted by Crippen LogP contribution is -2.18. The second-order valence-electron chi connectivity index (χ2n) is 5.70. The molecule has 0 atom stereocenters. The van der Waals surface area contributed by atoms with Crippen LogP contribution in [0.3, 0.4) is 0 Å². The Hall–Kier alpha value is -4.32. The highest BCUT2D eigenvalue weighted by Crippen LogP contribution is 2.27. The van der Waals surface area contributed by atoms with Gasteiger partial charge in [0.2, 0.25) is 0 Å². The van der Waals surface area contributed by atoms with E-state index < -0.39 is 5.91 Å². The highest BCUT2D eigenvalue weighted by atomic mass is 16.5. The molecule has 3 aromatic rings. The molecule has 0 saturated carbocycles. The van der Waals surface area contributed by atoms with Crippen LogP contribution in [0.2, 0.25) is 0 Å². The Morgan fingerprint density at radius 3 is 2.83 bits per heavy atom. The highest BCUT2D eigenvalue weighted by molar-refractivity contribution is 5.95. The number of rotatable bonds is 7. The Bertz CT molecular complexity index is 1070. The molecule has 0 spiro atoms. The maximum atomic E-state index is 12.3. The Kier molecular flexibility index (Phi) is 6.07. The molecule has 9 nitrogen and oxygen atoms in total. The number of nitriles is 1. The average Bonchev–Trinajstić information content (AvgIpc) is 3.15. The molecular formula is C20H17N5O4. The van der Waals surface area contributed by atoms with E-state index in [0.717, 1.165) is 0 Å². The van der Waals surface area contributed by atoms with Crippen molar-refractivity contribution >= 4 is 12.1 Å². The van der Waals surface area contributed by atoms with Crippen molar-refractivity contribution in [3.63, 3.8) is 0 Å². The molecule has 0 bridgehead atoms. The number of amides is 1. The third kappa shape index (κ3) is 4.70. The highest BCUT2D eigenvalue weighted by Gasteiger charge is 2.16. The predicted molar refractivity (Wildman–Crippen MR) is 104 cm³/mol. The zero-order valence-corrected chi connectivity index (χ0v) is 15.4. The fourth-order valence-electron chi connectivity index (χ4n) is 2.45. The van der Waals surface area contributed by atoms with Gasteiger partial charge in [0.05, 0.1) is 25.2 Å². The van der Waals surface area contributed by atoms with Crippen LogP contribution in [0.15, 0.2) is 59.8 Å². The van der Waals surface area contributed by atoms with Crippen molar-refractivity contribution in [3.05, 3.63) is 66.0 Å². The van der Waals surface area contributed by atoms with Crippen molar-refractivity contribution in [2.24, 2.45) is 5.10 Å². The topological polar surface area (TPSA) is 122 Å². The minimum absolute atomic E-state index is 0.0982. The van der Waals surface area contributed by atoms with Gasteiger partial charge in [-0.3, -0.25) is 4.79 Å². The lowest BCUT2D eigenvalue weighted by Gasteiger charge is -2.08. The quantitative estimate of drug-likeness (QED) is 0.471. The molecule has 0 unspecified atom stereocenters. The van der Waals surface area contributed by atoms with Gasteiger partial charge in [-0.2, -0.15) is 15.5 Å². The monoisotopic (exact) mass is 391 g/mol. The van der Waals surface area contributed by atoms with Crippen molar-refractivity contribution in [1.29, 1.82) is 5.26 Å². The minimum Gasteiger partial charge on any atom is -0.504 e. The third-order valence-corrected chi connectivity index (χ3v) is 3.79. The van der Waals surface area contributed by atoms with Gasteiger partial charge in [-0.1, -0.05) is 18.2 Å². The van der Waals surface area contributed by atoms with Crippen molar-refractivity contribution in [3.8, 4) is 29.0 Å². The molecule has 2 aromatic carbocycles. The van der Waals surface area contributed by atoms with Gasteiger partial charge in [0.1, 0.15) is 6.07 Å². The number of hydrogen-bond donors (Lipinski definition) is 2. The first-order valence-electron chi connectivity index (χ1n) is 8.47. The number of hydrazone groups is 1. The lowest BCUT2D eigenvalue weighted by molar-refractivity contribution is 0.0947. The number of nitrogens with zero attached hydrogens (tertiary/aromatic N) is 4. The van der Waals surface area contributed by atoms with Crippen LogP contribution in [0, 0.1) is 11.3 Å². The number of carbonyl (C=O) groups excluding carboxylic acids is 1. The van der Waals surface area contributed by atoms with Crippen LogP contribution in [0.25, 0.3) is 5.69 Å². The number of aromatic nitrogens is 2. The molecule has 1 amide bonds. The number of ether oxygens (including phenoxy) is 2. The fraction of sp³-hybridized carbons (Fsp3) is 0.100. The number of benzene rings is 2. The SMILES string of the molecule is COc1cc(/C=N/NC(=O)c2nn(-c3ccccc3)cc2O)ccc1OCC#N. The van der Waals surface area contributed by atoms with Crippen molar-refractivity contribution in [1.82, 2.24) is 15.2 Å². The average molecular weight is 391 g/mol. The molecular weight excluding hydrogens is 374 g/mol. The number of hydrogen-bond acceptors (Lipinski definition) is 7. The summed E-state index contributed by atoms with van der Waals surface area (Å²) in [5.74, 6) is -0.0713. The molecule has 0 aliphatic rings. The molecule has 1 aromatic heterocycles. The maximum absolute atomic E-state index is 12.3. The predicted octanol–water partition coefficient (Wildman–Crippen LogP) is 2.25. The minimum atomic E-state index is -0.658. The van der Waals surface area contributed by atoms with E-state index in [2.05, 4.69) is 15.6 Å². The lowest BCUT2D eigenvalue weighted by atomic mass is 10.2. The van der Waals surface area contributed by atoms with Crippen molar-refractivity contribution in [2.75, 3.05) is 13.7 Å². The standard InChI is InChI=1S/C20H17N5O4/c1-28-18-11-14(7-8-17(18)29-10-9-21)12-22-23-20(27)19-16(26)13-25(24-19)15-5-3-2-4-6-15/h2-8,11-13,26H,10H2,1H3,(H,23,27)/b22-12+. The summed E-state index contributed by atoms with van der Waals surface area (Å²) in [5.41, 5.74) is 3.50. The summed E-state index contributed by atoms with van der Waals surface area (Å²) in [6, 6.07) is 15.9. The van der Waals surface area contributed by atoms with E-state index in [9.17, 15) is 9.90 Å². The Balaban J connectivity index is 1.69. The summed E-state index contributed by atoms with van der Waals surface area (Å²) >= 11 is 0. The largest absolute Gasteiger partial charge is 0.504 e. The van der Waals surface area contributed by atoms with E-state index in [1.54, 1.807) is 30.3 Å². The zero-order valence-electron chi connectivity index (χ0n) is 15.4. The van der Waals surface area contributed by atoms with Gasteiger partial charge in [-0.25, -0.2) is 10.1 Å². The Morgan fingerprint density at radius 1 is 1.31 bits per heavy atom. The summed E-state index contributed by atoms with van der Waals surface area (Å²) in [6.07, 6.45) is 2.75. The zero-order chi connectivity index (χ0) is 20.6. The molecule has 1 heterocycles. The van der Waals surface area contributed by atoms with Gasteiger partial charge in [0.15, 0.2) is 29.5 Å². The first-order chi connectivity index (χ1) is 14.1. The van der Waals surface area contributed by atoms with Crippen LogP contribution in [-0.4, -0.2) is 40.7 Å². The maximum Gasteiger partial charge on any atom is 0.295 e. The molecule has 146 valence electrons. The molecule has 0 aliphatic heterocycles. The first kappa shape index (κ1) is 19.4. The van der Waals surface area contributed by atoms with E-state index in [4.69, 9.17) is 14.7 Å². The van der Waals surface area contributed by atoms with Crippen LogP contribution < -0.4 is 14.9 Å². The number of methoxy groups -OCH3 is 1. The molecule has 29 heavy (non-hydrogen) atoms. The van der Waals surface area contributed by atoms with Gasteiger partial charge in [-0.05, 0) is 35.9 Å². The van der Waals surface area contributed by atoms with Crippen LogP contribution in [0.4, 0.5) is 0 Å². The molecule has 0 fully saturated rings. The van der Waals surface area contributed by atoms with Crippen LogP contribution in [0.5, 0.6) is 17.2 Å². The summed E-state index contributed by atoms with van der Waals surface area (Å²) in [5, 5.41) is 26.6. The van der Waals surface area contributed by atoms with E-state index in [0.29, 0.717) is 22.7 Å². The second kappa shape index (κ2) is 9.05. The van der Waals surface area contributed by atoms with Gasteiger partial charge >= 0.3 is 0 Å². The fourth-order valence-corrected chi connectivity index (χ4v) is 2.45. The van der Waals surface area contributed by atoms with E-state index in [1.165, 1.54) is 24.2 Å². The van der Waals surface area contributed by atoms with E-state index >= 15 is 0 Å². The molecule has 0 aliphatic carbocycles. The smallest absolute Gasteiger partial charge is 0.295 e. The van der Waals surface area contributed by atoms with Gasteiger partial charge in [0.25, 0.3) is 5.91 Å². The summed E-state index contributed by atoms with van der Waals surface area (Å²) < 4.78 is 11.9. The molecule has 0 saturated heterocycles. The van der Waals surface area contributed by atoms with E-state index in [-0.39, 0.29) is 18.1 Å². The first-order valence-corrected chi connectivity index (χ1v) is 8.47. The van der Waals surface area contributed by atoms with E-state index in [1.807, 2.05) is 24.3 Å². The molecule has 2 N–H and O–H groups in total. The number of nitrogens with one attached hydrogen (secondary N) is 1. The van der Waals surface area contributed by atoms with Crippen LogP contribution >= 0.6 is 0 Å². The Morgan fingerprint density at radius 2 is 2.10 bits per heavy atom. The van der Waals surface area contributed by atoms with Crippen molar-refractivity contribution < 1.29 is 19.4 Å². The van der Waals surface area contributed by atoms with Crippen molar-refractivity contribution in [2.45, 2.75) is 0 Å². The second-order valence-corrected chi connectivity index (χ2v) is 5.70. The molecule has 3 rings (SSSR count). The number of aromatic hydroxyl groups is 1. The van der Waals surface area contributed by atoms with Crippen LogP contribution in [-0.2, 0) is 0 Å². The summed E-state index contributed by atoms with van der Waals surface area (Å²) in [6.45, 7) is -0.0982. The number of carbonyl (C=O) groups is 1. The number of para-hydroxylation sites is 1. The third-order valence-electron chi connectivity index (χ3n) is 3.79. The Labute approximate surface area is 166 Å². The summed E-state index contributed by atoms with van der Waals surface area (Å²) in [4.78, 5) is 12.3. The van der Waals surface area contributed by atoms with Gasteiger partial charge in [-0.15, -0.1) is 0 Å².